The summed E-state index contributed by atoms with van der Waals surface area (Å²) in [7, 11) is 1.46. The van der Waals surface area contributed by atoms with Crippen molar-refractivity contribution in [3.8, 4) is 0 Å². The number of carbonyl (C=O) groups excluding carboxylic acids is 1. The van der Waals surface area contributed by atoms with E-state index in [0.29, 0.717) is 0 Å². The zero-order valence-electron chi connectivity index (χ0n) is 13.8. The first-order valence-electron chi connectivity index (χ1n) is 7.85. The third kappa shape index (κ3) is 2.93. The molecular weight excluding hydrogens is 286 g/mol. The van der Waals surface area contributed by atoms with E-state index in [1.54, 1.807) is 20.8 Å². The largest absolute Gasteiger partial charge is 0.459 e. The van der Waals surface area contributed by atoms with Gasteiger partial charge in [-0.1, -0.05) is 19.9 Å². The van der Waals surface area contributed by atoms with E-state index in [4.69, 9.17) is 9.47 Å². The molecule has 0 saturated carbocycles. The highest BCUT2D eigenvalue weighted by Crippen LogP contribution is 2.30. The standard InChI is InChI=1S/C16H27NO5/c1-10(2)16(20,11(3)21-4)15(19)22-9-12-5-7-17-8-6-13(18)14(12)17/h5,10-11,13-14,18,20H,6-9H2,1-4H3/t11-,13-,14+,16+/m1/s1. The maximum atomic E-state index is 12.4. The molecule has 0 aromatic heterocycles. The molecular formula is C16H27NO5. The van der Waals surface area contributed by atoms with Gasteiger partial charge in [-0.25, -0.2) is 4.79 Å². The van der Waals surface area contributed by atoms with Crippen LogP contribution in [-0.2, 0) is 14.3 Å². The van der Waals surface area contributed by atoms with Gasteiger partial charge in [-0.3, -0.25) is 4.90 Å². The lowest BCUT2D eigenvalue weighted by Crippen LogP contribution is -2.54. The Hall–Kier alpha value is -0.950. The number of hydrogen-bond acceptors (Lipinski definition) is 6. The van der Waals surface area contributed by atoms with Crippen LogP contribution in [0.1, 0.15) is 27.2 Å². The van der Waals surface area contributed by atoms with Gasteiger partial charge in [0.15, 0.2) is 5.60 Å². The number of aliphatic hydroxyl groups is 2. The first-order valence-corrected chi connectivity index (χ1v) is 7.85. The van der Waals surface area contributed by atoms with Crippen molar-refractivity contribution in [1.82, 2.24) is 4.90 Å². The second-order valence-electron chi connectivity index (χ2n) is 6.51. The molecule has 0 aliphatic carbocycles. The molecule has 0 unspecified atom stereocenters. The topological polar surface area (TPSA) is 79.2 Å². The van der Waals surface area contributed by atoms with Gasteiger partial charge < -0.3 is 19.7 Å². The summed E-state index contributed by atoms with van der Waals surface area (Å²) in [5.41, 5.74) is -0.767. The summed E-state index contributed by atoms with van der Waals surface area (Å²) in [5, 5.41) is 20.7. The normalized spacial score (nSPS) is 29.1. The average molecular weight is 313 g/mol. The number of ether oxygens (including phenoxy) is 2. The molecule has 1 saturated heterocycles. The molecule has 0 bridgehead atoms. The van der Waals surface area contributed by atoms with E-state index in [-0.39, 0.29) is 18.6 Å². The number of nitrogens with zero attached hydrogens (tertiary/aromatic N) is 1. The van der Waals surface area contributed by atoms with E-state index >= 15 is 0 Å². The Labute approximate surface area is 131 Å². The van der Waals surface area contributed by atoms with Crippen LogP contribution in [-0.4, -0.2) is 71.7 Å². The van der Waals surface area contributed by atoms with Crippen molar-refractivity contribution in [2.75, 3.05) is 26.8 Å². The maximum Gasteiger partial charge on any atom is 0.341 e. The highest BCUT2D eigenvalue weighted by atomic mass is 16.6. The van der Waals surface area contributed by atoms with Gasteiger partial charge in [-0.15, -0.1) is 0 Å². The summed E-state index contributed by atoms with van der Waals surface area (Å²) in [4.78, 5) is 14.5. The first kappa shape index (κ1) is 17.4. The molecule has 0 radical (unpaired) electrons. The number of methoxy groups -OCH3 is 1. The van der Waals surface area contributed by atoms with Crippen LogP contribution in [0.15, 0.2) is 11.6 Å². The number of hydrogen-bond donors (Lipinski definition) is 2. The van der Waals surface area contributed by atoms with E-state index in [2.05, 4.69) is 4.90 Å². The Bertz CT molecular complexity index is 450. The fourth-order valence-corrected chi connectivity index (χ4v) is 3.34. The minimum atomic E-state index is -1.68. The molecule has 0 amide bonds. The van der Waals surface area contributed by atoms with E-state index in [9.17, 15) is 15.0 Å². The third-order valence-corrected chi connectivity index (χ3v) is 4.99. The summed E-state index contributed by atoms with van der Waals surface area (Å²) in [6, 6.07) is -0.0557. The van der Waals surface area contributed by atoms with Gasteiger partial charge in [-0.2, -0.15) is 0 Å². The highest BCUT2D eigenvalue weighted by Gasteiger charge is 2.47. The number of rotatable bonds is 6. The van der Waals surface area contributed by atoms with E-state index in [0.717, 1.165) is 25.1 Å². The summed E-state index contributed by atoms with van der Waals surface area (Å²) in [6.45, 7) is 6.90. The van der Waals surface area contributed by atoms with E-state index in [1.807, 2.05) is 6.08 Å². The third-order valence-electron chi connectivity index (χ3n) is 4.99. The van der Waals surface area contributed by atoms with Crippen LogP contribution in [0.4, 0.5) is 0 Å². The monoisotopic (exact) mass is 313 g/mol. The second-order valence-corrected chi connectivity index (χ2v) is 6.51. The minimum Gasteiger partial charge on any atom is -0.459 e. The Balaban J connectivity index is 2.00. The summed E-state index contributed by atoms with van der Waals surface area (Å²) >= 11 is 0. The predicted octanol–water partition coefficient (Wildman–Crippen LogP) is 0.327. The van der Waals surface area contributed by atoms with Crippen LogP contribution in [0.5, 0.6) is 0 Å². The van der Waals surface area contributed by atoms with Gasteiger partial charge in [-0.05, 0) is 24.8 Å². The first-order chi connectivity index (χ1) is 10.3. The SMILES string of the molecule is CO[C@H](C)[C@](O)(C(=O)OCC1=CCN2CC[C@@H](O)[C@H]12)C(C)C. The average Bonchev–Trinajstić information content (AvgIpc) is 3.06. The van der Waals surface area contributed by atoms with E-state index in [1.165, 1.54) is 7.11 Å². The van der Waals surface area contributed by atoms with E-state index < -0.39 is 23.8 Å². The number of fused-ring (bicyclic) bond motifs is 1. The van der Waals surface area contributed by atoms with Gasteiger partial charge in [0.25, 0.3) is 0 Å². The van der Waals surface area contributed by atoms with Crippen molar-refractivity contribution in [3.05, 3.63) is 11.6 Å². The van der Waals surface area contributed by atoms with Crippen molar-refractivity contribution >= 4 is 5.97 Å². The molecule has 0 spiro atoms. The van der Waals surface area contributed by atoms with Gasteiger partial charge in [0, 0.05) is 20.2 Å². The second kappa shape index (κ2) is 6.66. The van der Waals surface area contributed by atoms with Crippen molar-refractivity contribution in [2.45, 2.75) is 51.0 Å². The van der Waals surface area contributed by atoms with Crippen molar-refractivity contribution in [3.63, 3.8) is 0 Å². The van der Waals surface area contributed by atoms with Gasteiger partial charge in [0.1, 0.15) is 6.61 Å². The van der Waals surface area contributed by atoms with Crippen LogP contribution >= 0.6 is 0 Å². The zero-order chi connectivity index (χ0) is 16.5. The molecule has 6 nitrogen and oxygen atoms in total. The molecule has 22 heavy (non-hydrogen) atoms. The molecule has 0 aromatic carbocycles. The fraction of sp³-hybridized carbons (Fsp3) is 0.812. The lowest BCUT2D eigenvalue weighted by molar-refractivity contribution is -0.186. The Morgan fingerprint density at radius 1 is 1.50 bits per heavy atom. The number of esters is 1. The van der Waals surface area contributed by atoms with Crippen LogP contribution in [0.25, 0.3) is 0 Å². The molecule has 2 aliphatic rings. The minimum absolute atomic E-state index is 0.0557. The summed E-state index contributed by atoms with van der Waals surface area (Å²) in [5.74, 6) is -1.01. The molecule has 2 rings (SSSR count). The molecule has 6 heteroatoms. The number of aliphatic hydroxyl groups excluding tert-OH is 1. The molecule has 1 fully saturated rings. The van der Waals surface area contributed by atoms with Crippen molar-refractivity contribution in [2.24, 2.45) is 5.92 Å². The van der Waals surface area contributed by atoms with Gasteiger partial charge in [0.2, 0.25) is 0 Å². The maximum absolute atomic E-state index is 12.4. The highest BCUT2D eigenvalue weighted by molar-refractivity contribution is 5.80. The molecule has 126 valence electrons. The predicted molar refractivity (Wildman–Crippen MR) is 81.3 cm³/mol. The summed E-state index contributed by atoms with van der Waals surface area (Å²) in [6.07, 6.45) is 1.67. The molecule has 0 aromatic rings. The molecule has 4 atom stereocenters. The van der Waals surface area contributed by atoms with Gasteiger partial charge in [0.05, 0.1) is 18.2 Å². The van der Waals surface area contributed by atoms with Crippen LogP contribution in [0.3, 0.4) is 0 Å². The van der Waals surface area contributed by atoms with Crippen molar-refractivity contribution < 1.29 is 24.5 Å². The quantitative estimate of drug-likeness (QED) is 0.543. The van der Waals surface area contributed by atoms with Gasteiger partial charge >= 0.3 is 5.97 Å². The molecule has 2 N–H and O–H groups in total. The van der Waals surface area contributed by atoms with Crippen LogP contribution in [0.2, 0.25) is 0 Å². The fourth-order valence-electron chi connectivity index (χ4n) is 3.34. The van der Waals surface area contributed by atoms with Crippen molar-refractivity contribution in [1.29, 1.82) is 0 Å². The Morgan fingerprint density at radius 2 is 2.18 bits per heavy atom. The Kier molecular flexibility index (Phi) is 5.27. The summed E-state index contributed by atoms with van der Waals surface area (Å²) < 4.78 is 10.5. The molecule has 2 aliphatic heterocycles. The van der Waals surface area contributed by atoms with Crippen LogP contribution < -0.4 is 0 Å². The molecule has 2 heterocycles. The smallest absolute Gasteiger partial charge is 0.341 e. The van der Waals surface area contributed by atoms with Crippen LogP contribution in [0, 0.1) is 5.92 Å². The lowest BCUT2D eigenvalue weighted by atomic mass is 9.85. The number of carbonyl (C=O) groups is 1. The Morgan fingerprint density at radius 3 is 2.77 bits per heavy atom. The lowest BCUT2D eigenvalue weighted by Gasteiger charge is -2.34. The zero-order valence-corrected chi connectivity index (χ0v) is 13.8.